The highest BCUT2D eigenvalue weighted by Crippen LogP contribution is 2.31. The zero-order valence-electron chi connectivity index (χ0n) is 12.5. The van der Waals surface area contributed by atoms with Crippen LogP contribution in [0.15, 0.2) is 36.4 Å². The number of nitrogens with one attached hydrogen (secondary N) is 2. The van der Waals surface area contributed by atoms with Gasteiger partial charge in [-0.2, -0.15) is 0 Å². The first-order valence-electron chi connectivity index (χ1n) is 6.91. The molecule has 0 unspecified atom stereocenters. The molecule has 0 radical (unpaired) electrons. The second-order valence-electron chi connectivity index (χ2n) is 5.17. The van der Waals surface area contributed by atoms with E-state index in [1.54, 1.807) is 30.3 Å². The van der Waals surface area contributed by atoms with Crippen molar-refractivity contribution < 1.29 is 9.53 Å². The Labute approximate surface area is 143 Å². The summed E-state index contributed by atoms with van der Waals surface area (Å²) in [5, 5.41) is 4.95. The van der Waals surface area contributed by atoms with Crippen molar-refractivity contribution in [3.63, 3.8) is 0 Å². The highest BCUT2D eigenvalue weighted by molar-refractivity contribution is 6.32. The molecule has 0 fully saturated rings. The molecule has 1 heterocycles. The number of carbonyl (C=O) groups is 1. The number of benzene rings is 2. The second kappa shape index (κ2) is 6.14. The average Bonchev–Trinajstić information content (AvgIpc) is 2.93. The zero-order chi connectivity index (χ0) is 16.6. The first kappa shape index (κ1) is 15.7. The van der Waals surface area contributed by atoms with Gasteiger partial charge < -0.3 is 15.0 Å². The number of carbonyl (C=O) groups excluding carboxylic acids is 1. The van der Waals surface area contributed by atoms with Crippen molar-refractivity contribution in [3.8, 4) is 5.75 Å². The number of amides is 1. The number of rotatable bonds is 3. The summed E-state index contributed by atoms with van der Waals surface area (Å²) in [5.41, 5.74) is 2.67. The first-order chi connectivity index (χ1) is 11.0. The SMILES string of the molecule is COc1cc(Cl)c(C)cc1NC(=O)c1cc2ccc(Cl)cc2[nH]1. The van der Waals surface area contributed by atoms with Crippen LogP contribution in [-0.2, 0) is 0 Å². The molecule has 0 aliphatic heterocycles. The summed E-state index contributed by atoms with van der Waals surface area (Å²) in [7, 11) is 1.53. The van der Waals surface area contributed by atoms with Gasteiger partial charge in [0.25, 0.3) is 5.91 Å². The number of H-pyrrole nitrogens is 1. The van der Waals surface area contributed by atoms with Gasteiger partial charge in [0.2, 0.25) is 0 Å². The summed E-state index contributed by atoms with van der Waals surface area (Å²) in [6.07, 6.45) is 0. The number of halogens is 2. The third-order valence-electron chi connectivity index (χ3n) is 3.56. The third-order valence-corrected chi connectivity index (χ3v) is 4.20. The van der Waals surface area contributed by atoms with E-state index in [0.717, 1.165) is 16.5 Å². The predicted molar refractivity (Wildman–Crippen MR) is 94.0 cm³/mol. The third kappa shape index (κ3) is 3.14. The van der Waals surface area contributed by atoms with Crippen LogP contribution in [0, 0.1) is 6.92 Å². The molecule has 2 N–H and O–H groups in total. The highest BCUT2D eigenvalue weighted by atomic mass is 35.5. The van der Waals surface area contributed by atoms with Gasteiger partial charge in [0.05, 0.1) is 12.8 Å². The van der Waals surface area contributed by atoms with Crippen LogP contribution in [0.4, 0.5) is 5.69 Å². The van der Waals surface area contributed by atoms with Gasteiger partial charge in [0.15, 0.2) is 0 Å². The Morgan fingerprint density at radius 2 is 1.96 bits per heavy atom. The number of aromatic amines is 1. The zero-order valence-corrected chi connectivity index (χ0v) is 14.0. The summed E-state index contributed by atoms with van der Waals surface area (Å²) >= 11 is 12.0. The van der Waals surface area contributed by atoms with Gasteiger partial charge in [-0.05, 0) is 36.8 Å². The van der Waals surface area contributed by atoms with Crippen molar-refractivity contribution in [3.05, 3.63) is 57.7 Å². The number of hydrogen-bond donors (Lipinski definition) is 2. The molecule has 0 aliphatic carbocycles. The van der Waals surface area contributed by atoms with Crippen molar-refractivity contribution in [1.29, 1.82) is 0 Å². The smallest absolute Gasteiger partial charge is 0.272 e. The molecule has 118 valence electrons. The topological polar surface area (TPSA) is 54.1 Å². The molecule has 0 aliphatic rings. The lowest BCUT2D eigenvalue weighted by Crippen LogP contribution is -2.13. The Morgan fingerprint density at radius 1 is 1.17 bits per heavy atom. The van der Waals surface area contributed by atoms with Crippen LogP contribution in [0.5, 0.6) is 5.75 Å². The van der Waals surface area contributed by atoms with Crippen LogP contribution in [0.3, 0.4) is 0 Å². The molecule has 2 aromatic carbocycles. The number of aryl methyl sites for hydroxylation is 1. The van der Waals surface area contributed by atoms with Crippen LogP contribution < -0.4 is 10.1 Å². The summed E-state index contributed by atoms with van der Waals surface area (Å²) in [5.74, 6) is 0.241. The molecule has 3 aromatic rings. The predicted octanol–water partition coefficient (Wildman–Crippen LogP) is 5.04. The Bertz CT molecular complexity index is 903. The summed E-state index contributed by atoms with van der Waals surface area (Å²) in [4.78, 5) is 15.5. The molecular formula is C17H14Cl2N2O2. The van der Waals surface area contributed by atoms with E-state index in [4.69, 9.17) is 27.9 Å². The molecule has 0 atom stereocenters. The summed E-state index contributed by atoms with van der Waals surface area (Å²) in [6.45, 7) is 1.86. The maximum Gasteiger partial charge on any atom is 0.272 e. The number of hydrogen-bond acceptors (Lipinski definition) is 2. The Hall–Kier alpha value is -2.17. The van der Waals surface area contributed by atoms with E-state index >= 15 is 0 Å². The molecule has 3 rings (SSSR count). The Morgan fingerprint density at radius 3 is 2.70 bits per heavy atom. The van der Waals surface area contributed by atoms with E-state index in [-0.39, 0.29) is 5.91 Å². The Balaban J connectivity index is 1.93. The number of aromatic nitrogens is 1. The number of fused-ring (bicyclic) bond motifs is 1. The minimum Gasteiger partial charge on any atom is -0.495 e. The molecule has 0 saturated heterocycles. The number of anilines is 1. The van der Waals surface area contributed by atoms with E-state index in [9.17, 15) is 4.79 Å². The summed E-state index contributed by atoms with van der Waals surface area (Å²) in [6, 6.07) is 10.6. The minimum atomic E-state index is -0.266. The van der Waals surface area contributed by atoms with Gasteiger partial charge in [-0.3, -0.25) is 4.79 Å². The van der Waals surface area contributed by atoms with Gasteiger partial charge >= 0.3 is 0 Å². The van der Waals surface area contributed by atoms with E-state index in [1.165, 1.54) is 7.11 Å². The molecule has 0 bridgehead atoms. The van der Waals surface area contributed by atoms with Crippen molar-refractivity contribution in [2.75, 3.05) is 12.4 Å². The number of ether oxygens (including phenoxy) is 1. The maximum absolute atomic E-state index is 12.5. The van der Waals surface area contributed by atoms with Crippen LogP contribution in [0.2, 0.25) is 10.0 Å². The van der Waals surface area contributed by atoms with Gasteiger partial charge in [-0.25, -0.2) is 0 Å². The molecular weight excluding hydrogens is 335 g/mol. The molecule has 0 saturated carbocycles. The standard InChI is InChI=1S/C17H14Cl2N2O2/c1-9-5-14(16(23-2)8-12(9)19)21-17(22)15-6-10-3-4-11(18)7-13(10)20-15/h3-8,20H,1-2H3,(H,21,22). The van der Waals surface area contributed by atoms with Gasteiger partial charge in [-0.1, -0.05) is 29.3 Å². The summed E-state index contributed by atoms with van der Waals surface area (Å²) < 4.78 is 5.27. The normalized spacial score (nSPS) is 10.8. The van der Waals surface area contributed by atoms with Crippen LogP contribution >= 0.6 is 23.2 Å². The maximum atomic E-state index is 12.5. The van der Waals surface area contributed by atoms with Crippen molar-refractivity contribution in [2.24, 2.45) is 0 Å². The van der Waals surface area contributed by atoms with E-state index in [2.05, 4.69) is 10.3 Å². The van der Waals surface area contributed by atoms with Crippen molar-refractivity contribution in [1.82, 2.24) is 4.98 Å². The average molecular weight is 349 g/mol. The second-order valence-corrected chi connectivity index (χ2v) is 6.01. The van der Waals surface area contributed by atoms with Crippen LogP contribution in [0.25, 0.3) is 10.9 Å². The highest BCUT2D eigenvalue weighted by Gasteiger charge is 2.14. The molecule has 6 heteroatoms. The lowest BCUT2D eigenvalue weighted by atomic mass is 10.2. The van der Waals surface area contributed by atoms with Crippen LogP contribution in [0.1, 0.15) is 16.1 Å². The van der Waals surface area contributed by atoms with Crippen molar-refractivity contribution in [2.45, 2.75) is 6.92 Å². The van der Waals surface area contributed by atoms with Gasteiger partial charge in [0.1, 0.15) is 11.4 Å². The number of methoxy groups -OCH3 is 1. The largest absolute Gasteiger partial charge is 0.495 e. The monoisotopic (exact) mass is 348 g/mol. The van der Waals surface area contributed by atoms with Crippen molar-refractivity contribution >= 4 is 45.7 Å². The quantitative estimate of drug-likeness (QED) is 0.696. The van der Waals surface area contributed by atoms with E-state index in [1.807, 2.05) is 13.0 Å². The lowest BCUT2D eigenvalue weighted by molar-refractivity contribution is 0.102. The molecule has 4 nitrogen and oxygen atoms in total. The lowest BCUT2D eigenvalue weighted by Gasteiger charge is -2.11. The van der Waals surface area contributed by atoms with Gasteiger partial charge in [-0.15, -0.1) is 0 Å². The molecule has 1 aromatic heterocycles. The fourth-order valence-corrected chi connectivity index (χ4v) is 2.67. The van der Waals surface area contributed by atoms with Crippen LogP contribution in [-0.4, -0.2) is 18.0 Å². The minimum absolute atomic E-state index is 0.266. The Kier molecular flexibility index (Phi) is 4.20. The molecule has 23 heavy (non-hydrogen) atoms. The molecule has 0 spiro atoms. The fourth-order valence-electron chi connectivity index (χ4n) is 2.34. The molecule has 1 amide bonds. The fraction of sp³-hybridized carbons (Fsp3) is 0.118. The van der Waals surface area contributed by atoms with E-state index < -0.39 is 0 Å². The van der Waals surface area contributed by atoms with E-state index in [0.29, 0.717) is 27.2 Å². The first-order valence-corrected chi connectivity index (χ1v) is 7.67. The van der Waals surface area contributed by atoms with Gasteiger partial charge in [0, 0.05) is 27.0 Å².